The van der Waals surface area contributed by atoms with Crippen molar-refractivity contribution in [3.8, 4) is 6.07 Å². The molecule has 0 unspecified atom stereocenters. The highest BCUT2D eigenvalue weighted by molar-refractivity contribution is 8.05. The number of benzene rings is 3. The Morgan fingerprint density at radius 3 is 2.25 bits per heavy atom. The van der Waals surface area contributed by atoms with Crippen LogP contribution in [0.15, 0.2) is 95.5 Å². The summed E-state index contributed by atoms with van der Waals surface area (Å²) in [4.78, 5) is 27.9. The van der Waals surface area contributed by atoms with Gasteiger partial charge in [0.25, 0.3) is 5.91 Å². The van der Waals surface area contributed by atoms with E-state index in [9.17, 15) is 14.9 Å². The molecule has 6 heteroatoms. The zero-order chi connectivity index (χ0) is 22.5. The van der Waals surface area contributed by atoms with Crippen LogP contribution >= 0.6 is 11.8 Å². The summed E-state index contributed by atoms with van der Waals surface area (Å²) < 4.78 is 0. The number of nitrogens with one attached hydrogen (secondary N) is 1. The van der Waals surface area contributed by atoms with Crippen LogP contribution in [-0.2, 0) is 16.0 Å². The molecule has 1 heterocycles. The van der Waals surface area contributed by atoms with E-state index in [0.29, 0.717) is 22.8 Å². The molecular weight excluding hydrogens is 418 g/mol. The third kappa shape index (κ3) is 4.58. The molecule has 0 aromatic heterocycles. The number of nitriles is 1. The molecule has 3 aromatic carbocycles. The van der Waals surface area contributed by atoms with Gasteiger partial charge in [0.1, 0.15) is 16.7 Å². The van der Waals surface area contributed by atoms with Crippen molar-refractivity contribution in [1.29, 1.82) is 5.26 Å². The second kappa shape index (κ2) is 9.54. The maximum absolute atomic E-state index is 13.4. The van der Waals surface area contributed by atoms with E-state index in [1.165, 1.54) is 16.7 Å². The second-order valence-corrected chi connectivity index (χ2v) is 8.61. The molecule has 158 valence electrons. The predicted molar refractivity (Wildman–Crippen MR) is 128 cm³/mol. The lowest BCUT2D eigenvalue weighted by atomic mass is 10.1. The highest BCUT2D eigenvalue weighted by Crippen LogP contribution is 2.42. The Kier molecular flexibility index (Phi) is 6.39. The Balaban J connectivity index is 1.73. The minimum atomic E-state index is -0.536. The van der Waals surface area contributed by atoms with E-state index in [-0.39, 0.29) is 11.5 Å². The van der Waals surface area contributed by atoms with Crippen molar-refractivity contribution in [3.63, 3.8) is 0 Å². The third-order valence-corrected chi connectivity index (χ3v) is 6.36. The van der Waals surface area contributed by atoms with Gasteiger partial charge in [-0.3, -0.25) is 14.5 Å². The topological polar surface area (TPSA) is 73.2 Å². The Labute approximate surface area is 191 Å². The predicted octanol–water partition coefficient (Wildman–Crippen LogP) is 5.06. The Hall–Kier alpha value is -3.82. The second-order valence-electron chi connectivity index (χ2n) is 7.42. The molecule has 32 heavy (non-hydrogen) atoms. The third-order valence-electron chi connectivity index (χ3n) is 5.09. The maximum Gasteiger partial charge on any atom is 0.269 e. The SMILES string of the molecule is Cc1ccc(N2C(=O)[C@H](Cc3ccccc3)S/C2=C(/C#N)C(=O)Nc2ccccc2)cc1. The summed E-state index contributed by atoms with van der Waals surface area (Å²) in [6.45, 7) is 1.97. The van der Waals surface area contributed by atoms with Crippen molar-refractivity contribution in [2.24, 2.45) is 0 Å². The molecule has 0 radical (unpaired) electrons. The molecule has 1 saturated heterocycles. The number of para-hydroxylation sites is 1. The molecule has 4 rings (SSSR count). The fraction of sp³-hybridized carbons (Fsp3) is 0.115. The first kappa shape index (κ1) is 21.4. The van der Waals surface area contributed by atoms with Gasteiger partial charge in [-0.05, 0) is 43.2 Å². The number of carbonyl (C=O) groups excluding carboxylic acids is 2. The molecule has 0 aliphatic carbocycles. The number of thioether (sulfide) groups is 1. The average Bonchev–Trinajstić information content (AvgIpc) is 3.12. The van der Waals surface area contributed by atoms with Crippen LogP contribution < -0.4 is 10.2 Å². The number of aryl methyl sites for hydroxylation is 1. The molecule has 1 N–H and O–H groups in total. The monoisotopic (exact) mass is 439 g/mol. The standard InChI is InChI=1S/C26H21N3O2S/c1-18-12-14-21(15-13-18)29-25(31)23(16-19-8-4-2-5-9-19)32-26(29)22(17-27)24(30)28-20-10-6-3-7-11-20/h2-15,23H,16H2,1H3,(H,28,30)/b26-22-/t23-/m0/s1. The molecule has 1 aliphatic rings. The van der Waals surface area contributed by atoms with Crippen molar-refractivity contribution in [2.45, 2.75) is 18.6 Å². The van der Waals surface area contributed by atoms with Gasteiger partial charge in [-0.1, -0.05) is 78.0 Å². The van der Waals surface area contributed by atoms with Gasteiger partial charge in [0.15, 0.2) is 0 Å². The number of carbonyl (C=O) groups is 2. The summed E-state index contributed by atoms with van der Waals surface area (Å²) in [7, 11) is 0. The van der Waals surface area contributed by atoms with Crippen molar-refractivity contribution in [1.82, 2.24) is 0 Å². The first-order valence-electron chi connectivity index (χ1n) is 10.2. The summed E-state index contributed by atoms with van der Waals surface area (Å²) in [6.07, 6.45) is 0.509. The maximum atomic E-state index is 13.4. The van der Waals surface area contributed by atoms with Crippen LogP contribution in [0.2, 0.25) is 0 Å². The van der Waals surface area contributed by atoms with Gasteiger partial charge >= 0.3 is 0 Å². The average molecular weight is 440 g/mol. The zero-order valence-electron chi connectivity index (χ0n) is 17.5. The molecular formula is C26H21N3O2S. The molecule has 1 fully saturated rings. The molecule has 0 bridgehead atoms. The molecule has 0 spiro atoms. The number of amides is 2. The highest BCUT2D eigenvalue weighted by atomic mass is 32.2. The molecule has 1 aliphatic heterocycles. The number of rotatable bonds is 5. The molecule has 3 aromatic rings. The van der Waals surface area contributed by atoms with Crippen molar-refractivity contribution < 1.29 is 9.59 Å². The van der Waals surface area contributed by atoms with Crippen LogP contribution in [0.5, 0.6) is 0 Å². The number of hydrogen-bond acceptors (Lipinski definition) is 4. The molecule has 0 saturated carbocycles. The van der Waals surface area contributed by atoms with E-state index in [1.807, 2.05) is 73.7 Å². The smallest absolute Gasteiger partial charge is 0.269 e. The minimum Gasteiger partial charge on any atom is -0.321 e. The largest absolute Gasteiger partial charge is 0.321 e. The van der Waals surface area contributed by atoms with Gasteiger partial charge in [-0.2, -0.15) is 5.26 Å². The normalized spacial score (nSPS) is 17.1. The van der Waals surface area contributed by atoms with E-state index in [1.54, 1.807) is 24.3 Å². The van der Waals surface area contributed by atoms with Crippen LogP contribution in [0.1, 0.15) is 11.1 Å². The van der Waals surface area contributed by atoms with Gasteiger partial charge in [-0.15, -0.1) is 0 Å². The summed E-state index contributed by atoms with van der Waals surface area (Å²) in [6, 6.07) is 28.2. The summed E-state index contributed by atoms with van der Waals surface area (Å²) >= 11 is 1.26. The van der Waals surface area contributed by atoms with Crippen molar-refractivity contribution >= 4 is 35.0 Å². The van der Waals surface area contributed by atoms with Crippen molar-refractivity contribution in [3.05, 3.63) is 107 Å². The highest BCUT2D eigenvalue weighted by Gasteiger charge is 2.40. The molecule has 5 nitrogen and oxygen atoms in total. The zero-order valence-corrected chi connectivity index (χ0v) is 18.3. The first-order valence-corrected chi connectivity index (χ1v) is 11.1. The lowest BCUT2D eigenvalue weighted by Crippen LogP contribution is -2.30. The number of hydrogen-bond donors (Lipinski definition) is 1. The van der Waals surface area contributed by atoms with E-state index in [4.69, 9.17) is 0 Å². The van der Waals surface area contributed by atoms with Crippen LogP contribution in [0.4, 0.5) is 11.4 Å². The molecule has 2 amide bonds. The summed E-state index contributed by atoms with van der Waals surface area (Å²) in [5.74, 6) is -0.676. The van der Waals surface area contributed by atoms with Gasteiger partial charge in [-0.25, -0.2) is 0 Å². The van der Waals surface area contributed by atoms with E-state index < -0.39 is 11.2 Å². The Bertz CT molecular complexity index is 1200. The van der Waals surface area contributed by atoms with Crippen LogP contribution in [0.25, 0.3) is 0 Å². The Morgan fingerprint density at radius 2 is 1.62 bits per heavy atom. The summed E-state index contributed by atoms with van der Waals surface area (Å²) in [5.41, 5.74) is 3.22. The van der Waals surface area contributed by atoms with Gasteiger partial charge < -0.3 is 5.32 Å². The van der Waals surface area contributed by atoms with Gasteiger partial charge in [0, 0.05) is 11.4 Å². The van der Waals surface area contributed by atoms with Crippen LogP contribution in [0, 0.1) is 18.3 Å². The number of anilines is 2. The fourth-order valence-corrected chi connectivity index (χ4v) is 4.77. The first-order chi connectivity index (χ1) is 15.6. The number of nitrogens with zero attached hydrogens (tertiary/aromatic N) is 2. The van der Waals surface area contributed by atoms with Gasteiger partial charge in [0.05, 0.1) is 5.25 Å². The summed E-state index contributed by atoms with van der Waals surface area (Å²) in [5, 5.41) is 12.6. The lowest BCUT2D eigenvalue weighted by molar-refractivity contribution is -0.117. The van der Waals surface area contributed by atoms with E-state index >= 15 is 0 Å². The van der Waals surface area contributed by atoms with E-state index in [2.05, 4.69) is 5.32 Å². The van der Waals surface area contributed by atoms with Crippen LogP contribution in [0.3, 0.4) is 0 Å². The van der Waals surface area contributed by atoms with Crippen molar-refractivity contribution in [2.75, 3.05) is 10.2 Å². The van der Waals surface area contributed by atoms with E-state index in [0.717, 1.165) is 11.1 Å². The minimum absolute atomic E-state index is 0.0802. The Morgan fingerprint density at radius 1 is 1.00 bits per heavy atom. The lowest BCUT2D eigenvalue weighted by Gasteiger charge is -2.19. The van der Waals surface area contributed by atoms with Gasteiger partial charge in [0.2, 0.25) is 5.91 Å². The fourth-order valence-electron chi connectivity index (χ4n) is 3.46. The molecule has 1 atom stereocenters. The quantitative estimate of drug-likeness (QED) is 0.445. The van der Waals surface area contributed by atoms with Crippen LogP contribution in [-0.4, -0.2) is 17.1 Å².